The summed E-state index contributed by atoms with van der Waals surface area (Å²) in [4.78, 5) is 12.4. The minimum absolute atomic E-state index is 0.156. The van der Waals surface area contributed by atoms with Crippen molar-refractivity contribution >= 4 is 23.4 Å². The van der Waals surface area contributed by atoms with Crippen molar-refractivity contribution in [2.75, 3.05) is 25.3 Å². The lowest BCUT2D eigenvalue weighted by Gasteiger charge is -2.12. The van der Waals surface area contributed by atoms with Crippen LogP contribution in [0.3, 0.4) is 0 Å². The molecule has 0 unspecified atom stereocenters. The summed E-state index contributed by atoms with van der Waals surface area (Å²) in [5, 5.41) is 11.8. The first-order valence-electron chi connectivity index (χ1n) is 8.25. The second-order valence-corrected chi connectivity index (χ2v) is 6.52. The van der Waals surface area contributed by atoms with Crippen molar-refractivity contribution in [3.8, 4) is 17.2 Å². The average Bonchev–Trinajstić information content (AvgIpc) is 3.07. The summed E-state index contributed by atoms with van der Waals surface area (Å²) in [7, 11) is 3.18. The molecule has 1 aromatic heterocycles. The van der Waals surface area contributed by atoms with E-state index in [2.05, 4.69) is 15.5 Å². The molecule has 0 aliphatic rings. The maximum Gasteiger partial charge on any atom is 0.234 e. The van der Waals surface area contributed by atoms with Crippen LogP contribution in [0, 0.1) is 6.92 Å². The molecular weight excluding hydrogens is 364 g/mol. The minimum atomic E-state index is -0.156. The molecule has 1 amide bonds. The number of aryl methyl sites for hydroxylation is 1. The van der Waals surface area contributed by atoms with Gasteiger partial charge in [-0.15, -0.1) is 10.2 Å². The molecule has 8 heteroatoms. The second-order valence-electron chi connectivity index (χ2n) is 5.57. The van der Waals surface area contributed by atoms with Crippen LogP contribution in [-0.4, -0.2) is 40.6 Å². The third-order valence-corrected chi connectivity index (χ3v) is 4.76. The Morgan fingerprint density at radius 3 is 2.44 bits per heavy atom. The van der Waals surface area contributed by atoms with Crippen molar-refractivity contribution in [1.29, 1.82) is 0 Å². The Kier molecular flexibility index (Phi) is 5.97. The molecule has 3 rings (SSSR count). The Labute approximate surface area is 161 Å². The maximum atomic E-state index is 12.4. The van der Waals surface area contributed by atoms with Crippen LogP contribution in [0.15, 0.2) is 53.7 Å². The van der Waals surface area contributed by atoms with Crippen molar-refractivity contribution in [2.45, 2.75) is 12.1 Å². The highest BCUT2D eigenvalue weighted by atomic mass is 32.2. The molecule has 140 valence electrons. The Morgan fingerprint density at radius 1 is 1.04 bits per heavy atom. The molecule has 0 radical (unpaired) electrons. The number of methoxy groups -OCH3 is 2. The number of hydrogen-bond acceptors (Lipinski definition) is 6. The van der Waals surface area contributed by atoms with E-state index in [0.717, 1.165) is 5.69 Å². The van der Waals surface area contributed by atoms with Crippen LogP contribution in [0.1, 0.15) is 5.82 Å². The molecule has 0 saturated carbocycles. The predicted molar refractivity (Wildman–Crippen MR) is 105 cm³/mol. The molecule has 1 N–H and O–H groups in total. The van der Waals surface area contributed by atoms with Crippen LogP contribution in [-0.2, 0) is 4.79 Å². The summed E-state index contributed by atoms with van der Waals surface area (Å²) in [5.41, 5.74) is 1.46. The van der Waals surface area contributed by atoms with Gasteiger partial charge >= 0.3 is 0 Å². The monoisotopic (exact) mass is 384 g/mol. The lowest BCUT2D eigenvalue weighted by Crippen LogP contribution is -2.15. The topological polar surface area (TPSA) is 78.3 Å². The van der Waals surface area contributed by atoms with E-state index < -0.39 is 0 Å². The Hall–Kier alpha value is -3.00. The summed E-state index contributed by atoms with van der Waals surface area (Å²) in [6.45, 7) is 1.86. The maximum absolute atomic E-state index is 12.4. The van der Waals surface area contributed by atoms with Gasteiger partial charge in [-0.1, -0.05) is 36.0 Å². The third kappa shape index (κ3) is 4.22. The quantitative estimate of drug-likeness (QED) is 0.630. The highest BCUT2D eigenvalue weighted by Crippen LogP contribution is 2.29. The molecule has 0 fully saturated rings. The number of para-hydroxylation sites is 4. The number of thioether (sulfide) groups is 1. The van der Waals surface area contributed by atoms with Gasteiger partial charge in [-0.25, -0.2) is 0 Å². The van der Waals surface area contributed by atoms with Crippen LogP contribution in [0.5, 0.6) is 11.5 Å². The molecule has 0 bridgehead atoms. The molecule has 0 spiro atoms. The molecule has 0 aliphatic carbocycles. The van der Waals surface area contributed by atoms with Gasteiger partial charge in [-0.3, -0.25) is 9.36 Å². The summed E-state index contributed by atoms with van der Waals surface area (Å²) in [6, 6.07) is 14.9. The van der Waals surface area contributed by atoms with Crippen molar-refractivity contribution < 1.29 is 14.3 Å². The number of amides is 1. The van der Waals surface area contributed by atoms with E-state index in [4.69, 9.17) is 9.47 Å². The highest BCUT2D eigenvalue weighted by Gasteiger charge is 2.16. The lowest BCUT2D eigenvalue weighted by molar-refractivity contribution is -0.113. The van der Waals surface area contributed by atoms with Crippen LogP contribution in [0.25, 0.3) is 5.69 Å². The van der Waals surface area contributed by atoms with E-state index in [1.165, 1.54) is 11.8 Å². The van der Waals surface area contributed by atoms with E-state index in [-0.39, 0.29) is 11.7 Å². The molecule has 0 saturated heterocycles. The van der Waals surface area contributed by atoms with Gasteiger partial charge in [0.1, 0.15) is 17.3 Å². The van der Waals surface area contributed by atoms with Crippen molar-refractivity contribution in [3.63, 3.8) is 0 Å². The predicted octanol–water partition coefficient (Wildman–Crippen LogP) is 3.32. The Morgan fingerprint density at radius 2 is 1.70 bits per heavy atom. The molecule has 1 heterocycles. The third-order valence-electron chi connectivity index (χ3n) is 3.83. The number of anilines is 1. The number of rotatable bonds is 7. The molecule has 7 nitrogen and oxygen atoms in total. The number of benzene rings is 2. The summed E-state index contributed by atoms with van der Waals surface area (Å²) in [6.07, 6.45) is 0. The second kappa shape index (κ2) is 8.59. The van der Waals surface area contributed by atoms with Crippen LogP contribution < -0.4 is 14.8 Å². The number of hydrogen-bond donors (Lipinski definition) is 1. The van der Waals surface area contributed by atoms with Gasteiger partial charge in [0.15, 0.2) is 5.16 Å². The summed E-state index contributed by atoms with van der Waals surface area (Å²) < 4.78 is 12.6. The smallest absolute Gasteiger partial charge is 0.234 e. The molecule has 3 aromatic rings. The fourth-order valence-electron chi connectivity index (χ4n) is 2.59. The first kappa shape index (κ1) is 18.8. The molecular formula is C19H20N4O3S. The van der Waals surface area contributed by atoms with Crippen molar-refractivity contribution in [3.05, 3.63) is 54.4 Å². The van der Waals surface area contributed by atoms with Gasteiger partial charge in [0, 0.05) is 0 Å². The molecule has 0 atom stereocenters. The van der Waals surface area contributed by atoms with Gasteiger partial charge in [0.2, 0.25) is 5.91 Å². The van der Waals surface area contributed by atoms with Crippen LogP contribution in [0.4, 0.5) is 5.69 Å². The molecule has 27 heavy (non-hydrogen) atoms. The average molecular weight is 384 g/mol. The molecule has 2 aromatic carbocycles. The largest absolute Gasteiger partial charge is 0.495 e. The van der Waals surface area contributed by atoms with Crippen LogP contribution in [0.2, 0.25) is 0 Å². The number of nitrogens with one attached hydrogen (secondary N) is 1. The standard InChI is InChI=1S/C19H20N4O3S/c1-13-21-22-19(23(13)15-9-5-7-11-17(15)26-3)27-12-18(24)20-14-8-4-6-10-16(14)25-2/h4-11H,12H2,1-3H3,(H,20,24). The fraction of sp³-hybridized carbons (Fsp3) is 0.211. The van der Waals surface area contributed by atoms with Gasteiger partial charge < -0.3 is 14.8 Å². The normalized spacial score (nSPS) is 10.5. The van der Waals surface area contributed by atoms with E-state index in [1.54, 1.807) is 26.4 Å². The minimum Gasteiger partial charge on any atom is -0.495 e. The number of carbonyl (C=O) groups excluding carboxylic acids is 1. The van der Waals surface area contributed by atoms with E-state index in [0.29, 0.717) is 28.2 Å². The van der Waals surface area contributed by atoms with E-state index in [1.807, 2.05) is 47.9 Å². The van der Waals surface area contributed by atoms with Crippen LogP contribution >= 0.6 is 11.8 Å². The van der Waals surface area contributed by atoms with Gasteiger partial charge in [-0.05, 0) is 31.2 Å². The zero-order valence-electron chi connectivity index (χ0n) is 15.3. The van der Waals surface area contributed by atoms with Crippen molar-refractivity contribution in [1.82, 2.24) is 14.8 Å². The number of ether oxygens (including phenoxy) is 2. The summed E-state index contributed by atoms with van der Waals surface area (Å²) in [5.74, 6) is 2.07. The lowest BCUT2D eigenvalue weighted by atomic mass is 10.3. The fourth-order valence-corrected chi connectivity index (χ4v) is 3.38. The Balaban J connectivity index is 1.75. The zero-order valence-corrected chi connectivity index (χ0v) is 16.1. The van der Waals surface area contributed by atoms with Gasteiger partial charge in [0.05, 0.1) is 31.3 Å². The highest BCUT2D eigenvalue weighted by molar-refractivity contribution is 7.99. The zero-order chi connectivity index (χ0) is 19.2. The number of nitrogens with zero attached hydrogens (tertiary/aromatic N) is 3. The first-order chi connectivity index (χ1) is 13.1. The Bertz CT molecular complexity index is 942. The summed E-state index contributed by atoms with van der Waals surface area (Å²) >= 11 is 1.30. The van der Waals surface area contributed by atoms with Gasteiger partial charge in [0.25, 0.3) is 0 Å². The van der Waals surface area contributed by atoms with E-state index in [9.17, 15) is 4.79 Å². The van der Waals surface area contributed by atoms with Crippen molar-refractivity contribution in [2.24, 2.45) is 0 Å². The SMILES string of the molecule is COc1ccccc1NC(=O)CSc1nnc(C)n1-c1ccccc1OC. The van der Waals surface area contributed by atoms with Gasteiger partial charge in [-0.2, -0.15) is 0 Å². The number of aromatic nitrogens is 3. The molecule has 0 aliphatic heterocycles. The van der Waals surface area contributed by atoms with E-state index >= 15 is 0 Å². The first-order valence-corrected chi connectivity index (χ1v) is 9.23. The number of carbonyl (C=O) groups is 1.